The first-order valence-electron chi connectivity index (χ1n) is 6.81. The van der Waals surface area contributed by atoms with Gasteiger partial charge < -0.3 is 4.74 Å². The Balaban J connectivity index is 2.16. The number of allylic oxidation sites excluding steroid dienone is 4. The molecule has 0 bridgehead atoms. The molecule has 1 aliphatic rings. The minimum absolute atomic E-state index is 0.122. The molecular formula is C16H25NO. The van der Waals surface area contributed by atoms with Crippen molar-refractivity contribution in [1.29, 1.82) is 5.26 Å². The lowest BCUT2D eigenvalue weighted by atomic mass is 10.0. The van der Waals surface area contributed by atoms with E-state index in [9.17, 15) is 0 Å². The van der Waals surface area contributed by atoms with E-state index < -0.39 is 0 Å². The van der Waals surface area contributed by atoms with Crippen LogP contribution in [0.5, 0.6) is 0 Å². The van der Waals surface area contributed by atoms with E-state index in [2.05, 4.69) is 39.8 Å². The topological polar surface area (TPSA) is 36.3 Å². The summed E-state index contributed by atoms with van der Waals surface area (Å²) in [7, 11) is 0. The summed E-state index contributed by atoms with van der Waals surface area (Å²) in [5.41, 5.74) is 2.89. The van der Waals surface area contributed by atoms with Crippen LogP contribution in [0.3, 0.4) is 0 Å². The smallest absolute Gasteiger partial charge is 0.0892 e. The van der Waals surface area contributed by atoms with Crippen LogP contribution in [0.15, 0.2) is 23.3 Å². The molecule has 1 heterocycles. The Kier molecular flexibility index (Phi) is 5.62. The number of hydrogen-bond donors (Lipinski definition) is 0. The zero-order valence-electron chi connectivity index (χ0n) is 12.1. The van der Waals surface area contributed by atoms with E-state index in [1.54, 1.807) is 0 Å². The molecule has 0 saturated carbocycles. The first kappa shape index (κ1) is 15.0. The number of nitriles is 1. The Morgan fingerprint density at radius 1 is 1.22 bits per heavy atom. The third-order valence-corrected chi connectivity index (χ3v) is 3.54. The van der Waals surface area contributed by atoms with Crippen molar-refractivity contribution >= 4 is 0 Å². The molecule has 0 aliphatic carbocycles. The molecule has 1 rings (SSSR count). The maximum atomic E-state index is 8.48. The molecule has 18 heavy (non-hydrogen) atoms. The van der Waals surface area contributed by atoms with Gasteiger partial charge in [-0.3, -0.25) is 0 Å². The molecule has 100 valence electrons. The third kappa shape index (κ3) is 5.51. The van der Waals surface area contributed by atoms with E-state index in [1.165, 1.54) is 11.1 Å². The molecule has 2 heteroatoms. The zero-order valence-corrected chi connectivity index (χ0v) is 12.1. The lowest BCUT2D eigenvalue weighted by Gasteiger charge is -2.01. The molecule has 0 N–H and O–H groups in total. The van der Waals surface area contributed by atoms with Crippen LogP contribution in [-0.4, -0.2) is 11.7 Å². The van der Waals surface area contributed by atoms with Crippen molar-refractivity contribution in [3.8, 4) is 6.07 Å². The summed E-state index contributed by atoms with van der Waals surface area (Å²) in [5, 5.41) is 8.48. The lowest BCUT2D eigenvalue weighted by Crippen LogP contribution is -2.02. The predicted octanol–water partition coefficient (Wildman–Crippen LogP) is 4.53. The van der Waals surface area contributed by atoms with Crippen molar-refractivity contribution in [3.05, 3.63) is 23.3 Å². The van der Waals surface area contributed by atoms with Gasteiger partial charge in [-0.1, -0.05) is 23.3 Å². The van der Waals surface area contributed by atoms with E-state index >= 15 is 0 Å². The molecule has 0 aromatic heterocycles. The average Bonchev–Trinajstić information content (AvgIpc) is 2.92. The van der Waals surface area contributed by atoms with E-state index in [-0.39, 0.29) is 5.60 Å². The molecule has 0 aromatic rings. The molecule has 1 unspecified atom stereocenters. The quantitative estimate of drug-likeness (QED) is 0.489. The highest BCUT2D eigenvalue weighted by molar-refractivity contribution is 5.06. The van der Waals surface area contributed by atoms with E-state index in [0.29, 0.717) is 12.5 Å². The fraction of sp³-hybridized carbons (Fsp3) is 0.688. The minimum atomic E-state index is 0.122. The Morgan fingerprint density at radius 3 is 2.39 bits per heavy atom. The Labute approximate surface area is 111 Å². The lowest BCUT2D eigenvalue weighted by molar-refractivity contribution is 0.320. The van der Waals surface area contributed by atoms with Gasteiger partial charge >= 0.3 is 0 Å². The minimum Gasteiger partial charge on any atom is -0.367 e. The van der Waals surface area contributed by atoms with Gasteiger partial charge in [0.1, 0.15) is 0 Å². The molecule has 1 aliphatic heterocycles. The van der Waals surface area contributed by atoms with E-state index in [1.807, 2.05) is 6.08 Å². The highest BCUT2D eigenvalue weighted by atomic mass is 16.6. The second-order valence-corrected chi connectivity index (χ2v) is 5.75. The van der Waals surface area contributed by atoms with Crippen LogP contribution in [0.1, 0.15) is 59.8 Å². The number of nitrogens with zero attached hydrogens (tertiary/aromatic N) is 1. The van der Waals surface area contributed by atoms with Crippen molar-refractivity contribution in [2.75, 3.05) is 0 Å². The summed E-state index contributed by atoms with van der Waals surface area (Å²) in [4.78, 5) is 0. The van der Waals surface area contributed by atoms with Gasteiger partial charge in [0.05, 0.1) is 24.2 Å². The van der Waals surface area contributed by atoms with Crippen LogP contribution in [0, 0.1) is 11.3 Å². The van der Waals surface area contributed by atoms with Crippen molar-refractivity contribution in [2.45, 2.75) is 71.5 Å². The van der Waals surface area contributed by atoms with Gasteiger partial charge in [0.25, 0.3) is 0 Å². The van der Waals surface area contributed by atoms with Crippen LogP contribution in [-0.2, 0) is 4.74 Å². The highest BCUT2D eigenvalue weighted by Gasteiger charge is 2.46. The average molecular weight is 247 g/mol. The van der Waals surface area contributed by atoms with Crippen LogP contribution >= 0.6 is 0 Å². The second-order valence-electron chi connectivity index (χ2n) is 5.75. The monoisotopic (exact) mass is 247 g/mol. The van der Waals surface area contributed by atoms with Gasteiger partial charge in [-0.25, -0.2) is 0 Å². The SMILES string of the molecule is CC(=CCC/C(C)=C/CC#N)CCC1OC1(C)C. The van der Waals surface area contributed by atoms with Crippen LogP contribution in [0.4, 0.5) is 0 Å². The highest BCUT2D eigenvalue weighted by Crippen LogP contribution is 2.38. The van der Waals surface area contributed by atoms with Gasteiger partial charge in [-0.15, -0.1) is 0 Å². The molecule has 1 fully saturated rings. The Morgan fingerprint density at radius 2 is 1.83 bits per heavy atom. The van der Waals surface area contributed by atoms with Crippen LogP contribution < -0.4 is 0 Å². The fourth-order valence-electron chi connectivity index (χ4n) is 2.07. The molecular weight excluding hydrogens is 222 g/mol. The summed E-state index contributed by atoms with van der Waals surface area (Å²) < 4.78 is 5.57. The molecule has 0 aromatic carbocycles. The van der Waals surface area contributed by atoms with E-state index in [0.717, 1.165) is 25.7 Å². The van der Waals surface area contributed by atoms with Crippen LogP contribution in [0.2, 0.25) is 0 Å². The number of hydrogen-bond acceptors (Lipinski definition) is 2. The van der Waals surface area contributed by atoms with Gasteiger partial charge in [0.15, 0.2) is 0 Å². The fourth-order valence-corrected chi connectivity index (χ4v) is 2.07. The summed E-state index contributed by atoms with van der Waals surface area (Å²) in [5.74, 6) is 0. The van der Waals surface area contributed by atoms with Crippen molar-refractivity contribution < 1.29 is 4.74 Å². The van der Waals surface area contributed by atoms with Gasteiger partial charge in [-0.2, -0.15) is 5.26 Å². The maximum Gasteiger partial charge on any atom is 0.0892 e. The molecule has 0 spiro atoms. The van der Waals surface area contributed by atoms with Gasteiger partial charge in [-0.05, 0) is 53.4 Å². The normalized spacial score (nSPS) is 22.7. The first-order valence-corrected chi connectivity index (χ1v) is 6.81. The van der Waals surface area contributed by atoms with Crippen molar-refractivity contribution in [1.82, 2.24) is 0 Å². The first-order chi connectivity index (χ1) is 8.45. The van der Waals surface area contributed by atoms with Crippen molar-refractivity contribution in [2.24, 2.45) is 0 Å². The molecule has 1 saturated heterocycles. The third-order valence-electron chi connectivity index (χ3n) is 3.54. The molecule has 2 nitrogen and oxygen atoms in total. The standard InChI is InChI=1S/C16H25NO/c1-13(9-6-12-17)7-5-8-14(2)10-11-15-16(3,4)18-15/h8-9,15H,5-7,10-11H2,1-4H3/b13-9+,14-8?. The summed E-state index contributed by atoms with van der Waals surface area (Å²) in [6.07, 6.45) is 9.73. The number of epoxide rings is 1. The van der Waals surface area contributed by atoms with Gasteiger partial charge in [0, 0.05) is 0 Å². The zero-order chi connectivity index (χ0) is 13.6. The second kappa shape index (κ2) is 6.75. The van der Waals surface area contributed by atoms with Gasteiger partial charge in [0.2, 0.25) is 0 Å². The van der Waals surface area contributed by atoms with E-state index in [4.69, 9.17) is 10.00 Å². The number of ether oxygens (including phenoxy) is 1. The van der Waals surface area contributed by atoms with Crippen molar-refractivity contribution in [3.63, 3.8) is 0 Å². The molecule has 0 radical (unpaired) electrons. The summed E-state index contributed by atoms with van der Waals surface area (Å²) in [6.45, 7) is 8.60. The largest absolute Gasteiger partial charge is 0.367 e. The summed E-state index contributed by atoms with van der Waals surface area (Å²) in [6, 6.07) is 2.14. The summed E-state index contributed by atoms with van der Waals surface area (Å²) >= 11 is 0. The Bertz CT molecular complexity index is 371. The maximum absolute atomic E-state index is 8.48. The Hall–Kier alpha value is -1.07. The molecule has 0 amide bonds. The predicted molar refractivity (Wildman–Crippen MR) is 75.2 cm³/mol. The molecule has 1 atom stereocenters. The van der Waals surface area contributed by atoms with Crippen LogP contribution in [0.25, 0.3) is 0 Å². The number of rotatable bonds is 7.